The number of nitrogens with one attached hydrogen (secondary N) is 1. The van der Waals surface area contributed by atoms with Crippen molar-refractivity contribution in [2.24, 2.45) is 5.92 Å². The molecule has 1 unspecified atom stereocenters. The minimum atomic E-state index is -1.06. The predicted octanol–water partition coefficient (Wildman–Crippen LogP) is 2.75. The Kier molecular flexibility index (Phi) is 4.75. The van der Waals surface area contributed by atoms with Gasteiger partial charge in [0, 0.05) is 11.9 Å². The van der Waals surface area contributed by atoms with Crippen molar-refractivity contribution in [3.05, 3.63) is 36.0 Å². The molecule has 112 valence electrons. The van der Waals surface area contributed by atoms with Crippen LogP contribution in [0.15, 0.2) is 30.3 Å². The van der Waals surface area contributed by atoms with E-state index in [2.05, 4.69) is 10.3 Å². The molecule has 21 heavy (non-hydrogen) atoms. The van der Waals surface area contributed by atoms with E-state index in [1.807, 2.05) is 38.1 Å². The van der Waals surface area contributed by atoms with Crippen molar-refractivity contribution >= 4 is 22.6 Å². The summed E-state index contributed by atoms with van der Waals surface area (Å²) in [5, 5.41) is 23.8. The van der Waals surface area contributed by atoms with Crippen LogP contribution in [-0.4, -0.2) is 33.8 Å². The Morgan fingerprint density at radius 2 is 2.05 bits per heavy atom. The zero-order valence-corrected chi connectivity index (χ0v) is 12.2. The quantitative estimate of drug-likeness (QED) is 0.761. The summed E-state index contributed by atoms with van der Waals surface area (Å²) in [6.45, 7) is 4.43. The second-order valence-electron chi connectivity index (χ2n) is 5.55. The highest BCUT2D eigenvalue weighted by Gasteiger charge is 2.12. The second-order valence-corrected chi connectivity index (χ2v) is 5.55. The molecule has 1 aromatic heterocycles. The highest BCUT2D eigenvalue weighted by Crippen LogP contribution is 2.22. The van der Waals surface area contributed by atoms with Gasteiger partial charge >= 0.3 is 5.97 Å². The molecule has 2 aromatic rings. The van der Waals surface area contributed by atoms with Crippen molar-refractivity contribution in [1.29, 1.82) is 0 Å². The number of aliphatic hydroxyl groups excluding tert-OH is 1. The molecular formula is C16H20N2O3. The Morgan fingerprint density at radius 3 is 2.71 bits per heavy atom. The van der Waals surface area contributed by atoms with Crippen LogP contribution >= 0.6 is 0 Å². The Morgan fingerprint density at radius 1 is 1.33 bits per heavy atom. The van der Waals surface area contributed by atoms with Gasteiger partial charge in [-0.3, -0.25) is 0 Å². The summed E-state index contributed by atoms with van der Waals surface area (Å²) < 4.78 is 0. The van der Waals surface area contributed by atoms with Crippen LogP contribution in [0.3, 0.4) is 0 Å². The Labute approximate surface area is 123 Å². The van der Waals surface area contributed by atoms with Gasteiger partial charge in [0.1, 0.15) is 5.82 Å². The number of pyridine rings is 1. The molecule has 1 atom stereocenters. The molecule has 0 fully saturated rings. The molecular weight excluding hydrogens is 268 g/mol. The van der Waals surface area contributed by atoms with Crippen LogP contribution in [0.5, 0.6) is 0 Å². The molecule has 0 aliphatic heterocycles. The van der Waals surface area contributed by atoms with Crippen LogP contribution in [0.1, 0.15) is 30.8 Å². The van der Waals surface area contributed by atoms with E-state index in [1.54, 1.807) is 6.07 Å². The lowest BCUT2D eigenvalue weighted by molar-refractivity contribution is 0.0691. The number of aromatic nitrogens is 1. The number of aromatic carboxylic acids is 1. The van der Waals surface area contributed by atoms with E-state index in [-0.39, 0.29) is 5.69 Å². The summed E-state index contributed by atoms with van der Waals surface area (Å²) >= 11 is 0. The number of hydrogen-bond donors (Lipinski definition) is 3. The van der Waals surface area contributed by atoms with Gasteiger partial charge in [0.2, 0.25) is 0 Å². The Balaban J connectivity index is 2.27. The van der Waals surface area contributed by atoms with E-state index in [9.17, 15) is 9.90 Å². The van der Waals surface area contributed by atoms with Crippen molar-refractivity contribution in [3.8, 4) is 0 Å². The molecule has 0 radical (unpaired) electrons. The Bertz CT molecular complexity index is 640. The zero-order valence-electron chi connectivity index (χ0n) is 12.2. The molecule has 0 saturated carbocycles. The SMILES string of the molecule is CC(C)CC(O)CNc1nc(C(=O)O)cc2ccccc12. The van der Waals surface area contributed by atoms with Gasteiger partial charge in [-0.25, -0.2) is 9.78 Å². The molecule has 0 aliphatic rings. The van der Waals surface area contributed by atoms with Crippen molar-refractivity contribution in [2.45, 2.75) is 26.4 Å². The maximum atomic E-state index is 11.1. The molecule has 0 aliphatic carbocycles. The number of rotatable bonds is 6. The summed E-state index contributed by atoms with van der Waals surface area (Å²) in [5.74, 6) is -0.170. The number of benzene rings is 1. The van der Waals surface area contributed by atoms with Crippen LogP contribution in [0.4, 0.5) is 5.82 Å². The number of carbonyl (C=O) groups is 1. The third-order valence-corrected chi connectivity index (χ3v) is 3.21. The van der Waals surface area contributed by atoms with Gasteiger partial charge in [0.05, 0.1) is 6.10 Å². The van der Waals surface area contributed by atoms with Gasteiger partial charge in [-0.15, -0.1) is 0 Å². The largest absolute Gasteiger partial charge is 0.477 e. The average Bonchev–Trinajstić information content (AvgIpc) is 2.43. The third-order valence-electron chi connectivity index (χ3n) is 3.21. The van der Waals surface area contributed by atoms with Crippen molar-refractivity contribution in [1.82, 2.24) is 4.98 Å². The molecule has 0 saturated heterocycles. The number of aliphatic hydroxyl groups is 1. The topological polar surface area (TPSA) is 82.5 Å². The normalized spacial score (nSPS) is 12.6. The first-order chi connectivity index (χ1) is 9.97. The van der Waals surface area contributed by atoms with Crippen molar-refractivity contribution in [3.63, 3.8) is 0 Å². The van der Waals surface area contributed by atoms with Crippen LogP contribution in [0.2, 0.25) is 0 Å². The monoisotopic (exact) mass is 288 g/mol. The van der Waals surface area contributed by atoms with E-state index in [0.29, 0.717) is 24.7 Å². The lowest BCUT2D eigenvalue weighted by Crippen LogP contribution is -2.22. The number of carboxylic acid groups (broad SMARTS) is 1. The first-order valence-electron chi connectivity index (χ1n) is 7.02. The summed E-state index contributed by atoms with van der Waals surface area (Å²) in [6, 6.07) is 9.00. The first-order valence-corrected chi connectivity index (χ1v) is 7.02. The first kappa shape index (κ1) is 15.3. The van der Waals surface area contributed by atoms with Gasteiger partial charge in [0.25, 0.3) is 0 Å². The van der Waals surface area contributed by atoms with Gasteiger partial charge in [0.15, 0.2) is 5.69 Å². The third kappa shape index (κ3) is 3.92. The van der Waals surface area contributed by atoms with Crippen LogP contribution < -0.4 is 5.32 Å². The van der Waals surface area contributed by atoms with E-state index < -0.39 is 12.1 Å². The van der Waals surface area contributed by atoms with Crippen LogP contribution in [0.25, 0.3) is 10.8 Å². The molecule has 1 heterocycles. The standard InChI is InChI=1S/C16H20N2O3/c1-10(2)7-12(19)9-17-15-13-6-4-3-5-11(13)8-14(18-15)16(20)21/h3-6,8,10,12,19H,7,9H2,1-2H3,(H,17,18)(H,20,21). The Hall–Kier alpha value is -2.14. The maximum absolute atomic E-state index is 11.1. The molecule has 5 heteroatoms. The average molecular weight is 288 g/mol. The van der Waals surface area contributed by atoms with E-state index in [4.69, 9.17) is 5.11 Å². The fourth-order valence-electron chi connectivity index (χ4n) is 2.29. The van der Waals surface area contributed by atoms with Crippen molar-refractivity contribution in [2.75, 3.05) is 11.9 Å². The summed E-state index contributed by atoms with van der Waals surface area (Å²) in [7, 11) is 0. The molecule has 3 N–H and O–H groups in total. The summed E-state index contributed by atoms with van der Waals surface area (Å²) in [4.78, 5) is 15.3. The zero-order chi connectivity index (χ0) is 15.4. The van der Waals surface area contributed by atoms with Gasteiger partial charge in [-0.05, 0) is 23.8 Å². The minimum Gasteiger partial charge on any atom is -0.477 e. The van der Waals surface area contributed by atoms with Crippen molar-refractivity contribution < 1.29 is 15.0 Å². The van der Waals surface area contributed by atoms with E-state index >= 15 is 0 Å². The molecule has 1 aromatic carbocycles. The predicted molar refractivity (Wildman–Crippen MR) is 82.7 cm³/mol. The number of nitrogens with zero attached hydrogens (tertiary/aromatic N) is 1. The smallest absolute Gasteiger partial charge is 0.354 e. The number of fused-ring (bicyclic) bond motifs is 1. The molecule has 0 amide bonds. The highest BCUT2D eigenvalue weighted by atomic mass is 16.4. The minimum absolute atomic E-state index is 0.00505. The van der Waals surface area contributed by atoms with E-state index in [0.717, 1.165) is 10.8 Å². The molecule has 5 nitrogen and oxygen atoms in total. The summed E-state index contributed by atoms with van der Waals surface area (Å²) in [5.41, 5.74) is -0.00505. The highest BCUT2D eigenvalue weighted by molar-refractivity contribution is 5.97. The number of hydrogen-bond acceptors (Lipinski definition) is 4. The fourth-order valence-corrected chi connectivity index (χ4v) is 2.29. The maximum Gasteiger partial charge on any atom is 0.354 e. The van der Waals surface area contributed by atoms with E-state index in [1.165, 1.54) is 0 Å². The fraction of sp³-hybridized carbons (Fsp3) is 0.375. The molecule has 0 bridgehead atoms. The van der Waals surface area contributed by atoms with Gasteiger partial charge in [-0.2, -0.15) is 0 Å². The van der Waals surface area contributed by atoms with Crippen LogP contribution in [0, 0.1) is 5.92 Å². The molecule has 0 spiro atoms. The number of anilines is 1. The molecule has 2 rings (SSSR count). The summed E-state index contributed by atoms with van der Waals surface area (Å²) in [6.07, 6.45) is 0.197. The van der Waals surface area contributed by atoms with Crippen LogP contribution in [-0.2, 0) is 0 Å². The number of carboxylic acids is 1. The lowest BCUT2D eigenvalue weighted by Gasteiger charge is -2.15. The lowest BCUT2D eigenvalue weighted by atomic mass is 10.1. The second kappa shape index (κ2) is 6.54. The van der Waals surface area contributed by atoms with Gasteiger partial charge < -0.3 is 15.5 Å². The van der Waals surface area contributed by atoms with Gasteiger partial charge in [-0.1, -0.05) is 38.1 Å².